The third-order valence-corrected chi connectivity index (χ3v) is 6.95. The molecule has 0 amide bonds. The molecule has 0 saturated carbocycles. The molecule has 1 aliphatic heterocycles. The zero-order valence-electron chi connectivity index (χ0n) is 16.8. The van der Waals surface area contributed by atoms with Crippen molar-refractivity contribution in [1.29, 1.82) is 0 Å². The van der Waals surface area contributed by atoms with Gasteiger partial charge in [-0.05, 0) is 51.8 Å². The molecular weight excluding hydrogens is 409 g/mol. The number of sulfonamides is 1. The summed E-state index contributed by atoms with van der Waals surface area (Å²) in [7, 11) is -4.11. The fraction of sp³-hybridized carbons (Fsp3) is 0.632. The van der Waals surface area contributed by atoms with Crippen LogP contribution in [0.5, 0.6) is 0 Å². The van der Waals surface area contributed by atoms with Crippen LogP contribution in [0.3, 0.4) is 0 Å². The Morgan fingerprint density at radius 3 is 2.41 bits per heavy atom. The minimum absolute atomic E-state index is 0.141. The average Bonchev–Trinajstić information content (AvgIpc) is 2.62. The molecule has 0 spiro atoms. The monoisotopic (exact) mass is 436 g/mol. The summed E-state index contributed by atoms with van der Waals surface area (Å²) in [6, 6.07) is 3.06. The molecule has 0 aliphatic carbocycles. The van der Waals surface area contributed by atoms with Gasteiger partial charge in [-0.15, -0.1) is 0 Å². The molecule has 1 heterocycles. The van der Waals surface area contributed by atoms with Crippen LogP contribution >= 0.6 is 0 Å². The first-order valence-corrected chi connectivity index (χ1v) is 11.0. The van der Waals surface area contributed by atoms with Crippen LogP contribution < -0.4 is 0 Å². The van der Waals surface area contributed by atoms with E-state index in [0.29, 0.717) is 38.6 Å². The molecule has 0 N–H and O–H groups in total. The van der Waals surface area contributed by atoms with Gasteiger partial charge in [-0.2, -0.15) is 17.5 Å². The maximum atomic E-state index is 13.2. The Morgan fingerprint density at radius 2 is 1.90 bits per heavy atom. The van der Waals surface area contributed by atoms with Crippen molar-refractivity contribution in [2.75, 3.05) is 26.2 Å². The highest BCUT2D eigenvalue weighted by atomic mass is 32.2. The highest BCUT2D eigenvalue weighted by molar-refractivity contribution is 7.89. The fourth-order valence-electron chi connectivity index (χ4n) is 3.57. The molecule has 0 unspecified atom stereocenters. The predicted octanol–water partition coefficient (Wildman–Crippen LogP) is 3.13. The topological polar surface area (TPSA) is 66.9 Å². The van der Waals surface area contributed by atoms with E-state index in [1.54, 1.807) is 20.8 Å². The Balaban J connectivity index is 2.19. The van der Waals surface area contributed by atoms with Gasteiger partial charge in [0.2, 0.25) is 10.0 Å². The zero-order chi connectivity index (χ0) is 21.8. The molecule has 0 aromatic heterocycles. The smallest absolute Gasteiger partial charge is 0.416 e. The highest BCUT2D eigenvalue weighted by Crippen LogP contribution is 2.32. The maximum Gasteiger partial charge on any atom is 0.416 e. The van der Waals surface area contributed by atoms with Crippen molar-refractivity contribution in [1.82, 2.24) is 9.21 Å². The molecule has 1 aromatic rings. The van der Waals surface area contributed by atoms with E-state index in [4.69, 9.17) is 4.74 Å². The van der Waals surface area contributed by atoms with Crippen LogP contribution in [0.15, 0.2) is 29.2 Å². The summed E-state index contributed by atoms with van der Waals surface area (Å²) in [6.45, 7) is 6.58. The molecule has 1 fully saturated rings. The summed E-state index contributed by atoms with van der Waals surface area (Å²) < 4.78 is 71.6. The maximum absolute atomic E-state index is 13.2. The molecule has 0 atom stereocenters. The van der Waals surface area contributed by atoms with Gasteiger partial charge in [0.1, 0.15) is 0 Å². The van der Waals surface area contributed by atoms with Gasteiger partial charge in [0, 0.05) is 25.2 Å². The molecule has 2 rings (SSSR count). The number of benzene rings is 1. The van der Waals surface area contributed by atoms with E-state index in [0.717, 1.165) is 12.1 Å². The van der Waals surface area contributed by atoms with Gasteiger partial charge in [0.25, 0.3) is 0 Å². The number of halogens is 3. The van der Waals surface area contributed by atoms with Crippen LogP contribution in [-0.4, -0.2) is 61.9 Å². The van der Waals surface area contributed by atoms with E-state index in [9.17, 15) is 26.4 Å². The number of piperidine rings is 1. The number of rotatable bonds is 7. The first-order valence-electron chi connectivity index (χ1n) is 9.55. The minimum atomic E-state index is -4.62. The number of likely N-dealkylation sites (tertiary alicyclic amines) is 1. The second-order valence-corrected chi connectivity index (χ2v) is 9.11. The lowest BCUT2D eigenvalue weighted by molar-refractivity contribution is -0.144. The summed E-state index contributed by atoms with van der Waals surface area (Å²) in [5.41, 5.74) is -0.994. The molecular formula is C19H27F3N2O4S. The van der Waals surface area contributed by atoms with Crippen molar-refractivity contribution in [2.24, 2.45) is 0 Å². The van der Waals surface area contributed by atoms with Crippen LogP contribution in [0, 0.1) is 0 Å². The van der Waals surface area contributed by atoms with E-state index in [1.807, 2.05) is 4.90 Å². The van der Waals surface area contributed by atoms with Crippen LogP contribution in [0.2, 0.25) is 0 Å². The summed E-state index contributed by atoms with van der Waals surface area (Å²) in [4.78, 5) is 13.2. The van der Waals surface area contributed by atoms with Crippen LogP contribution in [0.1, 0.15) is 39.2 Å². The van der Waals surface area contributed by atoms with E-state index in [1.165, 1.54) is 10.4 Å². The minimum Gasteiger partial charge on any atom is -0.465 e. The summed E-state index contributed by atoms with van der Waals surface area (Å²) >= 11 is 0. The van der Waals surface area contributed by atoms with E-state index in [-0.39, 0.29) is 23.5 Å². The van der Waals surface area contributed by atoms with Crippen molar-refractivity contribution in [3.63, 3.8) is 0 Å². The molecule has 29 heavy (non-hydrogen) atoms. The number of carbonyl (C=O) groups excluding carboxylic acids is 1. The van der Waals surface area contributed by atoms with Gasteiger partial charge >= 0.3 is 12.1 Å². The van der Waals surface area contributed by atoms with Crippen molar-refractivity contribution >= 4 is 16.0 Å². The number of esters is 1. The first-order chi connectivity index (χ1) is 13.5. The van der Waals surface area contributed by atoms with E-state index < -0.39 is 27.8 Å². The number of hydrogen-bond acceptors (Lipinski definition) is 5. The number of carbonyl (C=O) groups is 1. The third kappa shape index (κ3) is 5.93. The number of hydrogen-bond donors (Lipinski definition) is 0. The van der Waals surface area contributed by atoms with Crippen molar-refractivity contribution in [3.8, 4) is 0 Å². The fourth-order valence-corrected chi connectivity index (χ4v) is 5.50. The lowest BCUT2D eigenvalue weighted by Crippen LogP contribution is -2.50. The summed E-state index contributed by atoms with van der Waals surface area (Å²) in [6.07, 6.45) is -3.65. The second kappa shape index (κ2) is 9.44. The molecule has 1 saturated heterocycles. The van der Waals surface area contributed by atoms with Gasteiger partial charge in [-0.3, -0.25) is 9.69 Å². The van der Waals surface area contributed by atoms with Gasteiger partial charge in [-0.25, -0.2) is 8.42 Å². The molecule has 1 aliphatic rings. The average molecular weight is 436 g/mol. The quantitative estimate of drug-likeness (QED) is 0.615. The Bertz CT molecular complexity index is 804. The van der Waals surface area contributed by atoms with Gasteiger partial charge in [0.15, 0.2) is 0 Å². The molecule has 164 valence electrons. The van der Waals surface area contributed by atoms with Crippen molar-refractivity contribution in [3.05, 3.63) is 29.8 Å². The van der Waals surface area contributed by atoms with Crippen LogP contribution in [-0.2, 0) is 25.7 Å². The molecule has 6 nitrogen and oxygen atoms in total. The summed E-state index contributed by atoms with van der Waals surface area (Å²) in [5, 5.41) is 0. The molecule has 0 bridgehead atoms. The number of nitrogens with zero attached hydrogens (tertiary/aromatic N) is 2. The van der Waals surface area contributed by atoms with Gasteiger partial charge in [0.05, 0.1) is 23.6 Å². The Hall–Kier alpha value is -1.65. The Morgan fingerprint density at radius 1 is 1.28 bits per heavy atom. The molecule has 1 aromatic carbocycles. The SMILES string of the molecule is CCOC(=O)CN1CCC(N(C(C)C)S(=O)(=O)c2cccc(C(F)(F)F)c2)CC1. The van der Waals surface area contributed by atoms with Gasteiger partial charge in [-0.1, -0.05) is 6.07 Å². The van der Waals surface area contributed by atoms with Gasteiger partial charge < -0.3 is 4.74 Å². The number of alkyl halides is 3. The molecule has 0 radical (unpaired) electrons. The highest BCUT2D eigenvalue weighted by Gasteiger charge is 2.37. The van der Waals surface area contributed by atoms with Crippen molar-refractivity contribution < 1.29 is 31.1 Å². The third-order valence-electron chi connectivity index (χ3n) is 4.82. The lowest BCUT2D eigenvalue weighted by atomic mass is 10.0. The second-order valence-electron chi connectivity index (χ2n) is 7.27. The number of ether oxygens (including phenoxy) is 1. The van der Waals surface area contributed by atoms with Crippen molar-refractivity contribution in [2.45, 2.75) is 56.8 Å². The largest absolute Gasteiger partial charge is 0.465 e. The predicted molar refractivity (Wildman–Crippen MR) is 102 cm³/mol. The van der Waals surface area contributed by atoms with E-state index in [2.05, 4.69) is 0 Å². The molecule has 10 heteroatoms. The van der Waals surface area contributed by atoms with Crippen LogP contribution in [0.4, 0.5) is 13.2 Å². The lowest BCUT2D eigenvalue weighted by Gasteiger charge is -2.39. The normalized spacial score (nSPS) is 17.1. The first kappa shape index (κ1) is 23.6. The van der Waals surface area contributed by atoms with E-state index >= 15 is 0 Å². The Labute approximate surface area is 169 Å². The Kier molecular flexibility index (Phi) is 7.69. The zero-order valence-corrected chi connectivity index (χ0v) is 17.6. The summed E-state index contributed by atoms with van der Waals surface area (Å²) in [5.74, 6) is -0.330. The standard InChI is InChI=1S/C19H27F3N2O4S/c1-4-28-18(25)13-23-10-8-16(9-11-23)24(14(2)3)29(26,27)17-7-5-6-15(12-17)19(20,21)22/h5-7,12,14,16H,4,8-11,13H2,1-3H3. The van der Waals surface area contributed by atoms with Crippen LogP contribution in [0.25, 0.3) is 0 Å².